The largest absolute Gasteiger partial charge is 0.448 e. The van der Waals surface area contributed by atoms with Gasteiger partial charge in [-0.15, -0.1) is 0 Å². The molecule has 0 saturated heterocycles. The van der Waals surface area contributed by atoms with Gasteiger partial charge in [-0.25, -0.2) is 15.0 Å². The van der Waals surface area contributed by atoms with Gasteiger partial charge >= 0.3 is 0 Å². The van der Waals surface area contributed by atoms with Crippen LogP contribution in [0.2, 0.25) is 0 Å². The molecule has 6 heteroatoms. The first-order chi connectivity index (χ1) is 10.7. The number of aryl methyl sites for hydroxylation is 1. The Hall–Kier alpha value is -3.02. The first-order valence-electron chi connectivity index (χ1n) is 6.86. The Morgan fingerprint density at radius 2 is 2.05 bits per heavy atom. The molecule has 6 nitrogen and oxygen atoms in total. The van der Waals surface area contributed by atoms with Crippen LogP contribution in [0.4, 0.5) is 0 Å². The Morgan fingerprint density at radius 3 is 2.91 bits per heavy atom. The molecule has 0 aliphatic carbocycles. The molecule has 0 unspecified atom stereocenters. The quantitative estimate of drug-likeness (QED) is 0.566. The van der Waals surface area contributed by atoms with Gasteiger partial charge in [0.05, 0.1) is 18.6 Å². The molecule has 0 radical (unpaired) electrons. The number of rotatable bonds is 2. The van der Waals surface area contributed by atoms with Gasteiger partial charge in [-0.2, -0.15) is 0 Å². The average Bonchev–Trinajstić information content (AvgIpc) is 2.90. The topological polar surface area (TPSA) is 73.8 Å². The van der Waals surface area contributed by atoms with Gasteiger partial charge in [-0.3, -0.25) is 9.36 Å². The van der Waals surface area contributed by atoms with E-state index in [2.05, 4.69) is 15.0 Å². The highest BCUT2D eigenvalue weighted by Gasteiger charge is 2.13. The van der Waals surface area contributed by atoms with Crippen LogP contribution in [-0.4, -0.2) is 19.5 Å². The van der Waals surface area contributed by atoms with Gasteiger partial charge in [0.2, 0.25) is 5.58 Å². The van der Waals surface area contributed by atoms with Crippen LogP contribution >= 0.6 is 0 Å². The molecule has 4 aromatic rings. The molecule has 0 aliphatic rings. The second-order valence-corrected chi connectivity index (χ2v) is 5.10. The maximum absolute atomic E-state index is 12.6. The lowest BCUT2D eigenvalue weighted by molar-refractivity contribution is 0.639. The van der Waals surface area contributed by atoms with Crippen molar-refractivity contribution in [3.05, 3.63) is 64.7 Å². The highest BCUT2D eigenvalue weighted by Crippen LogP contribution is 2.24. The summed E-state index contributed by atoms with van der Waals surface area (Å²) < 4.78 is 7.15. The second kappa shape index (κ2) is 4.77. The van der Waals surface area contributed by atoms with Gasteiger partial charge in [0.1, 0.15) is 17.4 Å². The Bertz CT molecular complexity index is 1050. The summed E-state index contributed by atoms with van der Waals surface area (Å²) in [6, 6.07) is 9.33. The number of hydrogen-bond acceptors (Lipinski definition) is 5. The smallest absolute Gasteiger partial charge is 0.297 e. The summed E-state index contributed by atoms with van der Waals surface area (Å²) >= 11 is 0. The predicted octanol–water partition coefficient (Wildman–Crippen LogP) is 2.29. The first-order valence-corrected chi connectivity index (χ1v) is 6.86. The molecule has 0 saturated carbocycles. The van der Waals surface area contributed by atoms with Crippen LogP contribution in [0, 0.1) is 6.92 Å². The van der Waals surface area contributed by atoms with E-state index in [9.17, 15) is 4.79 Å². The molecule has 0 spiro atoms. The fourth-order valence-corrected chi connectivity index (χ4v) is 2.50. The number of fused-ring (bicyclic) bond motifs is 3. The van der Waals surface area contributed by atoms with E-state index in [4.69, 9.17) is 4.42 Å². The minimum absolute atomic E-state index is 0.211. The number of nitrogens with zero attached hydrogens (tertiary/aromatic N) is 4. The van der Waals surface area contributed by atoms with Gasteiger partial charge in [-0.1, -0.05) is 12.1 Å². The zero-order valence-corrected chi connectivity index (χ0v) is 11.9. The SMILES string of the molecule is Cc1cc(Cn2cnc3c(oc4ccccc43)c2=O)ncn1. The molecule has 0 amide bonds. The monoisotopic (exact) mass is 292 g/mol. The standard InChI is InChI=1S/C16H12N4O2/c1-10-6-11(18-8-17-10)7-20-9-19-14-12-4-2-3-5-13(12)22-15(14)16(20)21/h2-6,8-9H,7H2,1H3. The van der Waals surface area contributed by atoms with Crippen molar-refractivity contribution in [2.45, 2.75) is 13.5 Å². The van der Waals surface area contributed by atoms with Crippen molar-refractivity contribution in [1.82, 2.24) is 19.5 Å². The van der Waals surface area contributed by atoms with Crippen LogP contribution in [0.3, 0.4) is 0 Å². The number of benzene rings is 1. The Morgan fingerprint density at radius 1 is 1.18 bits per heavy atom. The highest BCUT2D eigenvalue weighted by molar-refractivity contribution is 6.01. The lowest BCUT2D eigenvalue weighted by Gasteiger charge is -2.04. The molecule has 22 heavy (non-hydrogen) atoms. The third-order valence-electron chi connectivity index (χ3n) is 3.54. The number of furan rings is 1. The predicted molar refractivity (Wildman–Crippen MR) is 81.6 cm³/mol. The number of para-hydroxylation sites is 1. The van der Waals surface area contributed by atoms with Crippen LogP contribution in [0.25, 0.3) is 22.1 Å². The van der Waals surface area contributed by atoms with Crippen LogP contribution in [0.5, 0.6) is 0 Å². The van der Waals surface area contributed by atoms with Crippen LogP contribution in [0.1, 0.15) is 11.4 Å². The van der Waals surface area contributed by atoms with E-state index in [0.29, 0.717) is 17.6 Å². The fourth-order valence-electron chi connectivity index (χ4n) is 2.50. The van der Waals surface area contributed by atoms with E-state index < -0.39 is 0 Å². The van der Waals surface area contributed by atoms with Gasteiger partial charge in [0, 0.05) is 11.1 Å². The Kier molecular flexibility index (Phi) is 2.75. The zero-order valence-electron chi connectivity index (χ0n) is 11.9. The molecule has 3 aromatic heterocycles. The van der Waals surface area contributed by atoms with Crippen LogP contribution in [0.15, 0.2) is 52.2 Å². The third kappa shape index (κ3) is 1.96. The lowest BCUT2D eigenvalue weighted by atomic mass is 10.2. The van der Waals surface area contributed by atoms with Crippen LogP contribution in [-0.2, 0) is 6.54 Å². The van der Waals surface area contributed by atoms with Crippen molar-refractivity contribution >= 4 is 22.1 Å². The molecule has 0 atom stereocenters. The molecule has 4 rings (SSSR count). The fraction of sp³-hybridized carbons (Fsp3) is 0.125. The van der Waals surface area contributed by atoms with Crippen molar-refractivity contribution < 1.29 is 4.42 Å². The molecule has 0 fully saturated rings. The maximum Gasteiger partial charge on any atom is 0.297 e. The first kappa shape index (κ1) is 12.7. The molecular formula is C16H12N4O2. The highest BCUT2D eigenvalue weighted by atomic mass is 16.3. The van der Waals surface area contributed by atoms with E-state index in [-0.39, 0.29) is 11.1 Å². The number of hydrogen-bond donors (Lipinski definition) is 0. The van der Waals surface area contributed by atoms with Crippen molar-refractivity contribution in [3.8, 4) is 0 Å². The summed E-state index contributed by atoms with van der Waals surface area (Å²) in [6.07, 6.45) is 3.02. The lowest BCUT2D eigenvalue weighted by Crippen LogP contribution is -2.21. The van der Waals surface area contributed by atoms with E-state index in [0.717, 1.165) is 16.8 Å². The molecular weight excluding hydrogens is 280 g/mol. The van der Waals surface area contributed by atoms with Gasteiger partial charge in [0.15, 0.2) is 0 Å². The summed E-state index contributed by atoms with van der Waals surface area (Å²) in [6.45, 7) is 2.22. The Labute approximate surface area is 125 Å². The summed E-state index contributed by atoms with van der Waals surface area (Å²) in [4.78, 5) is 25.2. The molecule has 1 aromatic carbocycles. The van der Waals surface area contributed by atoms with E-state index in [1.807, 2.05) is 37.3 Å². The van der Waals surface area contributed by atoms with Crippen molar-refractivity contribution in [1.29, 1.82) is 0 Å². The van der Waals surface area contributed by atoms with Gasteiger partial charge in [0.25, 0.3) is 5.56 Å². The zero-order chi connectivity index (χ0) is 15.1. The summed E-state index contributed by atoms with van der Waals surface area (Å²) in [7, 11) is 0. The second-order valence-electron chi connectivity index (χ2n) is 5.10. The molecule has 0 N–H and O–H groups in total. The Balaban J connectivity index is 1.87. The van der Waals surface area contributed by atoms with Gasteiger partial charge in [-0.05, 0) is 25.1 Å². The summed E-state index contributed by atoms with van der Waals surface area (Å²) in [5.41, 5.74) is 2.93. The van der Waals surface area contributed by atoms with Crippen LogP contribution < -0.4 is 5.56 Å². The van der Waals surface area contributed by atoms with Gasteiger partial charge < -0.3 is 4.42 Å². The molecule has 0 bridgehead atoms. The van der Waals surface area contributed by atoms with Crippen molar-refractivity contribution in [2.24, 2.45) is 0 Å². The van der Waals surface area contributed by atoms with E-state index in [1.54, 1.807) is 0 Å². The summed E-state index contributed by atoms with van der Waals surface area (Å²) in [5.74, 6) is 0. The molecule has 3 heterocycles. The van der Waals surface area contributed by atoms with E-state index in [1.165, 1.54) is 17.2 Å². The maximum atomic E-state index is 12.6. The summed E-state index contributed by atoms with van der Waals surface area (Å²) in [5, 5.41) is 0.847. The number of aromatic nitrogens is 4. The van der Waals surface area contributed by atoms with Crippen molar-refractivity contribution in [3.63, 3.8) is 0 Å². The molecule has 108 valence electrons. The minimum Gasteiger partial charge on any atom is -0.448 e. The van der Waals surface area contributed by atoms with E-state index >= 15 is 0 Å². The third-order valence-corrected chi connectivity index (χ3v) is 3.54. The van der Waals surface area contributed by atoms with Crippen molar-refractivity contribution in [2.75, 3.05) is 0 Å². The normalized spacial score (nSPS) is 11.3. The molecule has 0 aliphatic heterocycles. The average molecular weight is 292 g/mol. The minimum atomic E-state index is -0.211.